The van der Waals surface area contributed by atoms with Gasteiger partial charge in [-0.2, -0.15) is 0 Å². The van der Waals surface area contributed by atoms with E-state index in [0.717, 1.165) is 48.1 Å². The molecule has 0 unspecified atom stereocenters. The summed E-state index contributed by atoms with van der Waals surface area (Å²) < 4.78 is 29.9. The molecule has 0 saturated heterocycles. The monoisotopic (exact) mass is 454 g/mol. The highest BCUT2D eigenvalue weighted by Crippen LogP contribution is 2.36. The van der Waals surface area contributed by atoms with E-state index in [1.54, 1.807) is 3.71 Å². The molecule has 7 heteroatoms. The third kappa shape index (κ3) is 6.42. The van der Waals surface area contributed by atoms with Crippen molar-refractivity contribution in [2.24, 2.45) is 0 Å². The number of para-hydroxylation sites is 1. The molecule has 0 spiro atoms. The highest BCUT2D eigenvalue weighted by molar-refractivity contribution is 8.09. The zero-order chi connectivity index (χ0) is 20.5. The molecule has 162 valence electrons. The standard InChI is InChI=1S/C22H34N2O2S3/c1-2-3-4-5-6-7-13-18-27-24(19-14-9-8-10-15-19)29(25,26)22-23-20-16-11-12-17-21(20)28-22/h11-12,16-17,19H,2-10,13-15,18H2,1H3. The predicted octanol–water partition coefficient (Wildman–Crippen LogP) is 7.02. The van der Waals surface area contributed by atoms with Gasteiger partial charge in [0.2, 0.25) is 4.34 Å². The summed E-state index contributed by atoms with van der Waals surface area (Å²) in [6.07, 6.45) is 14.1. The van der Waals surface area contributed by atoms with Gasteiger partial charge in [0.1, 0.15) is 0 Å². The number of nitrogens with zero attached hydrogens (tertiary/aromatic N) is 2. The van der Waals surface area contributed by atoms with Crippen molar-refractivity contribution in [2.75, 3.05) is 5.75 Å². The predicted molar refractivity (Wildman–Crippen MR) is 126 cm³/mol. The Morgan fingerprint density at radius 2 is 1.72 bits per heavy atom. The molecule has 0 radical (unpaired) electrons. The third-order valence-electron chi connectivity index (χ3n) is 5.57. The van der Waals surface area contributed by atoms with Crippen molar-refractivity contribution in [3.05, 3.63) is 24.3 Å². The lowest BCUT2D eigenvalue weighted by Gasteiger charge is -2.31. The fraction of sp³-hybridized carbons (Fsp3) is 0.682. The van der Waals surface area contributed by atoms with Crippen molar-refractivity contribution >= 4 is 43.5 Å². The lowest BCUT2D eigenvalue weighted by molar-refractivity contribution is 0.345. The Bertz CT molecular complexity index is 812. The molecule has 0 atom stereocenters. The van der Waals surface area contributed by atoms with E-state index < -0.39 is 10.0 Å². The first kappa shape index (κ1) is 23.0. The Balaban J connectivity index is 1.64. The van der Waals surface area contributed by atoms with Crippen LogP contribution in [0.2, 0.25) is 0 Å². The molecule has 1 aromatic heterocycles. The molecule has 0 aliphatic heterocycles. The van der Waals surface area contributed by atoms with E-state index in [1.807, 2.05) is 24.3 Å². The molecule has 4 nitrogen and oxygen atoms in total. The Labute approximate surface area is 184 Å². The van der Waals surface area contributed by atoms with Crippen LogP contribution in [0, 0.1) is 0 Å². The molecule has 0 N–H and O–H groups in total. The van der Waals surface area contributed by atoms with Crippen LogP contribution in [-0.2, 0) is 10.0 Å². The van der Waals surface area contributed by atoms with E-state index in [9.17, 15) is 8.42 Å². The first-order valence-corrected chi connectivity index (χ1v) is 14.4. The van der Waals surface area contributed by atoms with Crippen LogP contribution >= 0.6 is 23.3 Å². The summed E-state index contributed by atoms with van der Waals surface area (Å²) in [7, 11) is -3.56. The molecular formula is C22H34N2O2S3. The molecule has 3 rings (SSSR count). The summed E-state index contributed by atoms with van der Waals surface area (Å²) in [4.78, 5) is 4.46. The smallest absolute Gasteiger partial charge is 0.224 e. The van der Waals surface area contributed by atoms with Crippen molar-refractivity contribution in [1.82, 2.24) is 8.69 Å². The average molecular weight is 455 g/mol. The van der Waals surface area contributed by atoms with Crippen LogP contribution in [0.15, 0.2) is 28.6 Å². The minimum Gasteiger partial charge on any atom is -0.224 e. The van der Waals surface area contributed by atoms with Crippen LogP contribution in [0.3, 0.4) is 0 Å². The van der Waals surface area contributed by atoms with Crippen molar-refractivity contribution in [3.63, 3.8) is 0 Å². The maximum Gasteiger partial charge on any atom is 0.279 e. The largest absolute Gasteiger partial charge is 0.279 e. The molecule has 29 heavy (non-hydrogen) atoms. The van der Waals surface area contributed by atoms with E-state index in [1.165, 1.54) is 68.2 Å². The first-order chi connectivity index (χ1) is 14.1. The molecule has 0 amide bonds. The summed E-state index contributed by atoms with van der Waals surface area (Å²) in [5.74, 6) is 0.869. The molecule has 1 saturated carbocycles. The Morgan fingerprint density at radius 3 is 2.45 bits per heavy atom. The normalized spacial score (nSPS) is 16.1. The average Bonchev–Trinajstić information content (AvgIpc) is 3.18. The summed E-state index contributed by atoms with van der Waals surface area (Å²) in [6.45, 7) is 2.24. The van der Waals surface area contributed by atoms with E-state index in [-0.39, 0.29) is 10.4 Å². The minimum absolute atomic E-state index is 0.107. The van der Waals surface area contributed by atoms with Crippen LogP contribution in [0.4, 0.5) is 0 Å². The quantitative estimate of drug-likeness (QED) is 0.255. The Morgan fingerprint density at radius 1 is 1.03 bits per heavy atom. The van der Waals surface area contributed by atoms with E-state index in [2.05, 4.69) is 11.9 Å². The number of aromatic nitrogens is 1. The molecule has 1 aliphatic rings. The van der Waals surface area contributed by atoms with Gasteiger partial charge < -0.3 is 0 Å². The van der Waals surface area contributed by atoms with E-state index in [4.69, 9.17) is 0 Å². The van der Waals surface area contributed by atoms with Gasteiger partial charge in [-0.25, -0.2) is 13.4 Å². The summed E-state index contributed by atoms with van der Waals surface area (Å²) in [5, 5.41) is 0. The van der Waals surface area contributed by atoms with Gasteiger partial charge >= 0.3 is 0 Å². The lowest BCUT2D eigenvalue weighted by Crippen LogP contribution is -2.36. The number of hydrogen-bond donors (Lipinski definition) is 0. The summed E-state index contributed by atoms with van der Waals surface area (Å²) in [6, 6.07) is 7.79. The van der Waals surface area contributed by atoms with Crippen LogP contribution in [0.1, 0.15) is 84.0 Å². The number of unbranched alkanes of at least 4 members (excludes halogenated alkanes) is 6. The number of hydrogen-bond acceptors (Lipinski definition) is 5. The molecular weight excluding hydrogens is 420 g/mol. The van der Waals surface area contributed by atoms with Crippen molar-refractivity contribution in [2.45, 2.75) is 94.4 Å². The van der Waals surface area contributed by atoms with Gasteiger partial charge in [0.05, 0.1) is 10.2 Å². The maximum atomic E-state index is 13.5. The van der Waals surface area contributed by atoms with Gasteiger partial charge in [-0.1, -0.05) is 88.8 Å². The zero-order valence-electron chi connectivity index (χ0n) is 17.5. The second kappa shape index (κ2) is 11.7. The van der Waals surface area contributed by atoms with E-state index >= 15 is 0 Å². The van der Waals surface area contributed by atoms with Gasteiger partial charge in [0.25, 0.3) is 10.0 Å². The summed E-state index contributed by atoms with van der Waals surface area (Å²) >= 11 is 2.82. The molecule has 1 heterocycles. The van der Waals surface area contributed by atoms with Crippen LogP contribution < -0.4 is 0 Å². The van der Waals surface area contributed by atoms with Gasteiger partial charge in [0.15, 0.2) is 0 Å². The van der Waals surface area contributed by atoms with Crippen molar-refractivity contribution < 1.29 is 8.42 Å². The third-order valence-corrected chi connectivity index (χ3v) is 10.5. The lowest BCUT2D eigenvalue weighted by atomic mass is 9.96. The maximum absolute atomic E-state index is 13.5. The van der Waals surface area contributed by atoms with Crippen LogP contribution in [0.5, 0.6) is 0 Å². The number of benzene rings is 1. The molecule has 1 aromatic carbocycles. The molecule has 2 aromatic rings. The van der Waals surface area contributed by atoms with Crippen LogP contribution in [0.25, 0.3) is 10.2 Å². The second-order valence-corrected chi connectivity index (χ2v) is 12.3. The Hall–Kier alpha value is -0.630. The first-order valence-electron chi connectivity index (χ1n) is 11.2. The van der Waals surface area contributed by atoms with Crippen molar-refractivity contribution in [1.29, 1.82) is 0 Å². The minimum atomic E-state index is -3.56. The van der Waals surface area contributed by atoms with Crippen LogP contribution in [-0.4, -0.2) is 28.9 Å². The van der Waals surface area contributed by atoms with E-state index in [0.29, 0.717) is 0 Å². The van der Waals surface area contributed by atoms with Gasteiger partial charge in [-0.05, 0) is 31.4 Å². The topological polar surface area (TPSA) is 50.3 Å². The number of thiazole rings is 1. The number of rotatable bonds is 12. The fourth-order valence-corrected chi connectivity index (χ4v) is 8.58. The molecule has 0 bridgehead atoms. The second-order valence-electron chi connectivity index (χ2n) is 7.95. The number of fused-ring (bicyclic) bond motifs is 1. The highest BCUT2D eigenvalue weighted by Gasteiger charge is 2.35. The van der Waals surface area contributed by atoms with Gasteiger partial charge in [0, 0.05) is 11.8 Å². The number of sulfonamides is 1. The Kier molecular flexibility index (Phi) is 9.28. The SMILES string of the molecule is CCCCCCCCCSN(C1CCCCC1)S(=O)(=O)c1nc2ccccc2s1. The fourth-order valence-electron chi connectivity index (χ4n) is 3.91. The van der Waals surface area contributed by atoms with Gasteiger partial charge in [-0.3, -0.25) is 0 Å². The van der Waals surface area contributed by atoms with Crippen molar-refractivity contribution in [3.8, 4) is 0 Å². The zero-order valence-corrected chi connectivity index (χ0v) is 20.0. The molecule has 1 fully saturated rings. The highest BCUT2D eigenvalue weighted by atomic mass is 32.3. The summed E-state index contributed by atoms with van der Waals surface area (Å²) in [5.41, 5.74) is 0.775. The molecule has 1 aliphatic carbocycles. The van der Waals surface area contributed by atoms with Gasteiger partial charge in [-0.15, -0.1) is 15.0 Å².